The van der Waals surface area contributed by atoms with E-state index in [1.165, 1.54) is 0 Å². The maximum absolute atomic E-state index is 12.5. The average Bonchev–Trinajstić information content (AvgIpc) is 2.61. The fourth-order valence-electron chi connectivity index (χ4n) is 2.65. The van der Waals surface area contributed by atoms with Gasteiger partial charge in [-0.1, -0.05) is 55.5 Å². The van der Waals surface area contributed by atoms with E-state index in [0.717, 1.165) is 22.0 Å². The van der Waals surface area contributed by atoms with E-state index in [2.05, 4.69) is 11.4 Å². The molecule has 0 spiro atoms. The molecule has 0 aliphatic carbocycles. The van der Waals surface area contributed by atoms with Gasteiger partial charge in [-0.2, -0.15) is 0 Å². The van der Waals surface area contributed by atoms with Crippen LogP contribution in [0.2, 0.25) is 0 Å². The van der Waals surface area contributed by atoms with Crippen LogP contribution >= 0.6 is 0 Å². The van der Waals surface area contributed by atoms with Gasteiger partial charge >= 0.3 is 0 Å². The maximum Gasteiger partial charge on any atom is 0.265 e. The highest BCUT2D eigenvalue weighted by atomic mass is 16.5. The van der Waals surface area contributed by atoms with Gasteiger partial charge in [0.2, 0.25) is 0 Å². The van der Waals surface area contributed by atoms with E-state index in [9.17, 15) is 4.79 Å². The molecule has 1 N–H and O–H groups in total. The first-order chi connectivity index (χ1) is 11.7. The number of rotatable bonds is 5. The number of hydrogen-bond acceptors (Lipinski definition) is 2. The third-order valence-corrected chi connectivity index (χ3v) is 4.07. The maximum atomic E-state index is 12.5. The summed E-state index contributed by atoms with van der Waals surface area (Å²) in [7, 11) is 0. The zero-order chi connectivity index (χ0) is 16.9. The number of ether oxygens (including phenoxy) is 1. The van der Waals surface area contributed by atoms with Crippen molar-refractivity contribution < 1.29 is 9.53 Å². The third-order valence-electron chi connectivity index (χ3n) is 4.07. The fourth-order valence-corrected chi connectivity index (χ4v) is 2.65. The van der Waals surface area contributed by atoms with Crippen LogP contribution in [-0.2, 0) is 4.79 Å². The van der Waals surface area contributed by atoms with Crippen molar-refractivity contribution in [2.24, 2.45) is 0 Å². The molecule has 0 aromatic heterocycles. The molecule has 3 heteroatoms. The highest BCUT2D eigenvalue weighted by Crippen LogP contribution is 2.22. The lowest BCUT2D eigenvalue weighted by atomic mass is 10.1. The molecule has 0 saturated heterocycles. The summed E-state index contributed by atoms with van der Waals surface area (Å²) in [4.78, 5) is 12.5. The van der Waals surface area contributed by atoms with Gasteiger partial charge in [-0.25, -0.2) is 0 Å². The van der Waals surface area contributed by atoms with Crippen LogP contribution in [0.3, 0.4) is 0 Å². The number of carbonyl (C=O) groups is 1. The van der Waals surface area contributed by atoms with Crippen LogP contribution in [0.25, 0.3) is 10.8 Å². The molecule has 122 valence electrons. The van der Waals surface area contributed by atoms with Gasteiger partial charge in [0.15, 0.2) is 6.10 Å². The summed E-state index contributed by atoms with van der Waals surface area (Å²) >= 11 is 0. The number of carbonyl (C=O) groups excluding carboxylic acids is 1. The highest BCUT2D eigenvalue weighted by Gasteiger charge is 2.19. The van der Waals surface area contributed by atoms with Gasteiger partial charge in [0, 0.05) is 5.69 Å². The summed E-state index contributed by atoms with van der Waals surface area (Å²) in [5.41, 5.74) is 1.86. The summed E-state index contributed by atoms with van der Waals surface area (Å²) in [6, 6.07) is 21.7. The fraction of sp³-hybridized carbons (Fsp3) is 0.190. The highest BCUT2D eigenvalue weighted by molar-refractivity contribution is 5.95. The Labute approximate surface area is 142 Å². The van der Waals surface area contributed by atoms with Crippen molar-refractivity contribution in [1.82, 2.24) is 0 Å². The molecule has 0 radical (unpaired) electrons. The Hall–Kier alpha value is -2.81. The molecule has 3 aromatic carbocycles. The first-order valence-electron chi connectivity index (χ1n) is 8.19. The van der Waals surface area contributed by atoms with Crippen molar-refractivity contribution in [3.63, 3.8) is 0 Å². The van der Waals surface area contributed by atoms with E-state index in [-0.39, 0.29) is 5.91 Å². The van der Waals surface area contributed by atoms with Gasteiger partial charge in [-0.05, 0) is 47.9 Å². The molecule has 0 bridgehead atoms. The largest absolute Gasteiger partial charge is 0.481 e. The Morgan fingerprint density at radius 2 is 1.71 bits per heavy atom. The van der Waals surface area contributed by atoms with Crippen molar-refractivity contribution in [3.8, 4) is 5.75 Å². The molecule has 3 nitrogen and oxygen atoms in total. The standard InChI is InChI=1S/C21H21NO2/c1-3-20(21(23)22-19-11-7-4-8-15(19)2)24-18-13-12-16-9-5-6-10-17(16)14-18/h4-14,20H,3H2,1-2H3,(H,22,23)/t20-/m1/s1. The van der Waals surface area contributed by atoms with Crippen molar-refractivity contribution in [1.29, 1.82) is 0 Å². The van der Waals surface area contributed by atoms with Crippen LogP contribution in [0, 0.1) is 6.92 Å². The minimum Gasteiger partial charge on any atom is -0.481 e. The van der Waals surface area contributed by atoms with Gasteiger partial charge in [-0.3, -0.25) is 4.79 Å². The molecule has 1 amide bonds. The number of benzene rings is 3. The molecule has 1 atom stereocenters. The first kappa shape index (κ1) is 16.1. The minimum atomic E-state index is -0.522. The number of nitrogens with one attached hydrogen (secondary N) is 1. The Morgan fingerprint density at radius 1 is 1.00 bits per heavy atom. The minimum absolute atomic E-state index is 0.125. The lowest BCUT2D eigenvalue weighted by Gasteiger charge is -2.18. The quantitative estimate of drug-likeness (QED) is 0.723. The zero-order valence-electron chi connectivity index (χ0n) is 14.0. The second-order valence-electron chi connectivity index (χ2n) is 5.83. The molecule has 0 saturated carbocycles. The second-order valence-corrected chi connectivity index (χ2v) is 5.83. The molecule has 24 heavy (non-hydrogen) atoms. The van der Waals surface area contributed by atoms with Crippen LogP contribution in [0.15, 0.2) is 66.7 Å². The van der Waals surface area contributed by atoms with Crippen LogP contribution < -0.4 is 10.1 Å². The van der Waals surface area contributed by atoms with Gasteiger partial charge in [0.1, 0.15) is 5.75 Å². The summed E-state index contributed by atoms with van der Waals surface area (Å²) in [5, 5.41) is 5.21. The normalized spacial score (nSPS) is 11.9. The smallest absolute Gasteiger partial charge is 0.265 e. The number of amides is 1. The van der Waals surface area contributed by atoms with Crippen LogP contribution in [0.5, 0.6) is 5.75 Å². The molecule has 0 aliphatic rings. The van der Waals surface area contributed by atoms with E-state index in [0.29, 0.717) is 12.2 Å². The Balaban J connectivity index is 1.75. The first-order valence-corrected chi connectivity index (χ1v) is 8.19. The van der Waals surface area contributed by atoms with E-state index in [1.807, 2.05) is 74.5 Å². The van der Waals surface area contributed by atoms with Crippen molar-refractivity contribution >= 4 is 22.4 Å². The second kappa shape index (κ2) is 7.18. The number of fused-ring (bicyclic) bond motifs is 1. The molecular formula is C21H21NO2. The van der Waals surface area contributed by atoms with Crippen LogP contribution in [0.4, 0.5) is 5.69 Å². The molecule has 0 heterocycles. The monoisotopic (exact) mass is 319 g/mol. The van der Waals surface area contributed by atoms with Crippen LogP contribution in [0.1, 0.15) is 18.9 Å². The SMILES string of the molecule is CC[C@@H](Oc1ccc2ccccc2c1)C(=O)Nc1ccccc1C. The summed E-state index contributed by atoms with van der Waals surface area (Å²) < 4.78 is 5.93. The summed E-state index contributed by atoms with van der Waals surface area (Å²) in [6.45, 7) is 3.92. The lowest BCUT2D eigenvalue weighted by molar-refractivity contribution is -0.122. The van der Waals surface area contributed by atoms with Gasteiger partial charge in [0.05, 0.1) is 0 Å². The number of anilines is 1. The molecule has 0 aliphatic heterocycles. The molecule has 3 rings (SSSR count). The number of para-hydroxylation sites is 1. The van der Waals surface area contributed by atoms with Gasteiger partial charge < -0.3 is 10.1 Å². The van der Waals surface area contributed by atoms with Crippen molar-refractivity contribution in [2.45, 2.75) is 26.4 Å². The Bertz CT molecular complexity index is 857. The molecule has 0 fully saturated rings. The van der Waals surface area contributed by atoms with E-state index >= 15 is 0 Å². The molecule has 3 aromatic rings. The van der Waals surface area contributed by atoms with Gasteiger partial charge in [0.25, 0.3) is 5.91 Å². The van der Waals surface area contributed by atoms with Crippen LogP contribution in [-0.4, -0.2) is 12.0 Å². The van der Waals surface area contributed by atoms with E-state index < -0.39 is 6.10 Å². The Morgan fingerprint density at radius 3 is 2.46 bits per heavy atom. The van der Waals surface area contributed by atoms with Crippen molar-refractivity contribution in [3.05, 3.63) is 72.3 Å². The van der Waals surface area contributed by atoms with E-state index in [1.54, 1.807) is 0 Å². The predicted octanol–water partition coefficient (Wildman–Crippen LogP) is 4.94. The topological polar surface area (TPSA) is 38.3 Å². The third kappa shape index (κ3) is 3.57. The summed E-state index contributed by atoms with van der Waals surface area (Å²) in [5.74, 6) is 0.584. The predicted molar refractivity (Wildman–Crippen MR) is 98.5 cm³/mol. The number of hydrogen-bond donors (Lipinski definition) is 1. The zero-order valence-corrected chi connectivity index (χ0v) is 14.0. The molecule has 0 unspecified atom stereocenters. The Kier molecular flexibility index (Phi) is 4.80. The average molecular weight is 319 g/mol. The number of aryl methyl sites for hydroxylation is 1. The van der Waals surface area contributed by atoms with Gasteiger partial charge in [-0.15, -0.1) is 0 Å². The summed E-state index contributed by atoms with van der Waals surface area (Å²) in [6.07, 6.45) is 0.0793. The lowest BCUT2D eigenvalue weighted by Crippen LogP contribution is -2.32. The van der Waals surface area contributed by atoms with Crippen molar-refractivity contribution in [2.75, 3.05) is 5.32 Å². The van der Waals surface area contributed by atoms with E-state index in [4.69, 9.17) is 4.74 Å². The molecular weight excluding hydrogens is 298 g/mol.